The second-order valence-corrected chi connectivity index (χ2v) is 8.53. The Labute approximate surface area is 184 Å². The van der Waals surface area contributed by atoms with E-state index in [0.29, 0.717) is 46.5 Å². The number of carbonyl (C=O) groups excluding carboxylic acids is 1. The summed E-state index contributed by atoms with van der Waals surface area (Å²) in [4.78, 5) is 31.8. The van der Waals surface area contributed by atoms with Crippen LogP contribution in [0.3, 0.4) is 0 Å². The second-order valence-electron chi connectivity index (χ2n) is 6.78. The number of ether oxygens (including phenoxy) is 1. The number of fused-ring (bicyclic) bond motifs is 1. The predicted molar refractivity (Wildman–Crippen MR) is 122 cm³/mol. The highest BCUT2D eigenvalue weighted by Gasteiger charge is 2.21. The topological polar surface area (TPSA) is 64.4 Å². The van der Waals surface area contributed by atoms with Crippen molar-refractivity contribution in [2.45, 2.75) is 30.8 Å². The third-order valence-corrected chi connectivity index (χ3v) is 5.99. The van der Waals surface area contributed by atoms with Crippen LogP contribution in [0.15, 0.2) is 58.5 Å². The molecule has 0 aliphatic carbocycles. The molecule has 30 heavy (non-hydrogen) atoms. The summed E-state index contributed by atoms with van der Waals surface area (Å²) in [6, 6.07) is 14.4. The largest absolute Gasteiger partial charge is 0.492 e. The Hall–Kier alpha value is -2.51. The molecule has 0 aliphatic heterocycles. The number of carbonyl (C=O) groups is 1. The van der Waals surface area contributed by atoms with Gasteiger partial charge in [0.1, 0.15) is 12.4 Å². The summed E-state index contributed by atoms with van der Waals surface area (Å²) in [5.41, 5.74) is 0.550. The Morgan fingerprint density at radius 3 is 2.63 bits per heavy atom. The van der Waals surface area contributed by atoms with Gasteiger partial charge in [-0.15, -0.1) is 0 Å². The fourth-order valence-corrected chi connectivity index (χ4v) is 4.19. The molecule has 0 N–H and O–H groups in total. The second kappa shape index (κ2) is 10.00. The van der Waals surface area contributed by atoms with E-state index in [4.69, 9.17) is 16.3 Å². The molecular weight excluding hydrogens is 422 g/mol. The van der Waals surface area contributed by atoms with Crippen LogP contribution in [0.25, 0.3) is 10.9 Å². The van der Waals surface area contributed by atoms with E-state index in [1.807, 2.05) is 32.0 Å². The van der Waals surface area contributed by atoms with Gasteiger partial charge in [-0.25, -0.2) is 4.98 Å². The summed E-state index contributed by atoms with van der Waals surface area (Å²) in [5, 5.41) is 1.39. The van der Waals surface area contributed by atoms with Crippen LogP contribution in [0.1, 0.15) is 13.8 Å². The van der Waals surface area contributed by atoms with Gasteiger partial charge in [0.05, 0.1) is 22.7 Å². The first-order valence-corrected chi connectivity index (χ1v) is 11.0. The van der Waals surface area contributed by atoms with Gasteiger partial charge >= 0.3 is 0 Å². The van der Waals surface area contributed by atoms with E-state index in [2.05, 4.69) is 4.98 Å². The molecule has 0 bridgehead atoms. The molecule has 0 fully saturated rings. The number of benzene rings is 2. The summed E-state index contributed by atoms with van der Waals surface area (Å²) >= 11 is 7.16. The molecule has 0 spiro atoms. The smallest absolute Gasteiger partial charge is 0.262 e. The molecule has 0 saturated carbocycles. The lowest BCUT2D eigenvalue weighted by Crippen LogP contribution is -2.36. The van der Waals surface area contributed by atoms with Crippen molar-refractivity contribution >= 4 is 40.2 Å². The van der Waals surface area contributed by atoms with Crippen LogP contribution in [-0.2, 0) is 11.3 Å². The number of amides is 1. The fourth-order valence-electron chi connectivity index (χ4n) is 2.98. The number of hydrogen-bond donors (Lipinski definition) is 0. The number of nitrogens with zero attached hydrogens (tertiary/aromatic N) is 3. The Kier molecular flexibility index (Phi) is 7.39. The molecule has 0 aliphatic rings. The van der Waals surface area contributed by atoms with Crippen LogP contribution in [0, 0.1) is 0 Å². The maximum Gasteiger partial charge on any atom is 0.262 e. The minimum atomic E-state index is -0.392. The summed E-state index contributed by atoms with van der Waals surface area (Å²) < 4.78 is 7.27. The molecule has 3 aromatic rings. The minimum absolute atomic E-state index is 0.0511. The molecule has 3 rings (SSSR count). The van der Waals surface area contributed by atoms with Gasteiger partial charge < -0.3 is 9.64 Å². The molecular formula is C22H24ClN3O3S. The number of para-hydroxylation sites is 1. The fraction of sp³-hybridized carbons (Fsp3) is 0.318. The Morgan fingerprint density at radius 1 is 1.23 bits per heavy atom. The summed E-state index contributed by atoms with van der Waals surface area (Å²) in [7, 11) is 1.74. The molecule has 0 saturated heterocycles. The highest BCUT2D eigenvalue weighted by Crippen LogP contribution is 2.23. The molecule has 158 valence electrons. The van der Waals surface area contributed by atoms with E-state index in [1.165, 1.54) is 11.8 Å². The Balaban J connectivity index is 1.64. The molecule has 0 radical (unpaired) electrons. The number of aromatic nitrogens is 2. The Morgan fingerprint density at radius 2 is 1.93 bits per heavy atom. The average Bonchev–Trinajstić information content (AvgIpc) is 2.74. The quantitative estimate of drug-likeness (QED) is 0.386. The first-order chi connectivity index (χ1) is 14.4. The van der Waals surface area contributed by atoms with E-state index >= 15 is 0 Å². The summed E-state index contributed by atoms with van der Waals surface area (Å²) in [5.74, 6) is 0.653. The minimum Gasteiger partial charge on any atom is -0.492 e. The van der Waals surface area contributed by atoms with E-state index < -0.39 is 5.25 Å². The molecule has 6 nitrogen and oxygen atoms in total. The number of halogens is 1. The zero-order valence-corrected chi connectivity index (χ0v) is 18.7. The van der Waals surface area contributed by atoms with Crippen LogP contribution >= 0.6 is 23.4 Å². The maximum absolute atomic E-state index is 12.8. The molecule has 1 amide bonds. The highest BCUT2D eigenvalue weighted by atomic mass is 35.5. The van der Waals surface area contributed by atoms with Crippen LogP contribution in [0.4, 0.5) is 0 Å². The van der Waals surface area contributed by atoms with Crippen molar-refractivity contribution in [3.8, 4) is 5.75 Å². The third-order valence-electron chi connectivity index (χ3n) is 4.66. The SMILES string of the molecule is CCn1c(SC(C)C(=O)N(C)CCOc2ccc(Cl)cc2)nc2ccccc2c1=O. The summed E-state index contributed by atoms with van der Waals surface area (Å²) in [6.45, 7) is 5.03. The van der Waals surface area contributed by atoms with Gasteiger partial charge in [-0.05, 0) is 50.2 Å². The van der Waals surface area contributed by atoms with Gasteiger partial charge in [-0.2, -0.15) is 0 Å². The van der Waals surface area contributed by atoms with Crippen molar-refractivity contribution in [1.29, 1.82) is 0 Å². The van der Waals surface area contributed by atoms with E-state index in [0.717, 1.165) is 0 Å². The standard InChI is InChI=1S/C22H24ClN3O3S/c1-4-26-21(28)18-7-5-6-8-19(18)24-22(26)30-15(2)20(27)25(3)13-14-29-17-11-9-16(23)10-12-17/h5-12,15H,4,13-14H2,1-3H3. The van der Waals surface area contributed by atoms with E-state index in [-0.39, 0.29) is 11.5 Å². The Bertz CT molecular complexity index is 1090. The lowest BCUT2D eigenvalue weighted by molar-refractivity contribution is -0.129. The average molecular weight is 446 g/mol. The van der Waals surface area contributed by atoms with Gasteiger partial charge in [0.15, 0.2) is 5.16 Å². The van der Waals surface area contributed by atoms with Crippen LogP contribution in [0.2, 0.25) is 5.02 Å². The van der Waals surface area contributed by atoms with Crippen LogP contribution < -0.4 is 10.3 Å². The van der Waals surface area contributed by atoms with Crippen molar-refractivity contribution in [2.75, 3.05) is 20.2 Å². The number of rotatable bonds is 8. The van der Waals surface area contributed by atoms with Gasteiger partial charge in [0.2, 0.25) is 5.91 Å². The van der Waals surface area contributed by atoms with Crippen LogP contribution in [-0.4, -0.2) is 45.8 Å². The molecule has 1 atom stereocenters. The van der Waals surface area contributed by atoms with Gasteiger partial charge in [0.25, 0.3) is 5.56 Å². The molecule has 2 aromatic carbocycles. The first kappa shape index (κ1) is 22.2. The third kappa shape index (κ3) is 5.15. The molecule has 1 aromatic heterocycles. The van der Waals surface area contributed by atoms with Crippen molar-refractivity contribution in [3.05, 3.63) is 63.9 Å². The van der Waals surface area contributed by atoms with E-state index in [1.54, 1.807) is 46.8 Å². The van der Waals surface area contributed by atoms with Gasteiger partial charge in [0, 0.05) is 18.6 Å². The zero-order chi connectivity index (χ0) is 21.7. The molecule has 1 heterocycles. The first-order valence-electron chi connectivity index (χ1n) is 9.70. The van der Waals surface area contributed by atoms with Crippen molar-refractivity contribution < 1.29 is 9.53 Å². The highest BCUT2D eigenvalue weighted by molar-refractivity contribution is 8.00. The zero-order valence-electron chi connectivity index (χ0n) is 17.2. The van der Waals surface area contributed by atoms with Gasteiger partial charge in [-0.1, -0.05) is 35.5 Å². The van der Waals surface area contributed by atoms with Crippen molar-refractivity contribution in [3.63, 3.8) is 0 Å². The maximum atomic E-state index is 12.8. The lowest BCUT2D eigenvalue weighted by atomic mass is 10.2. The number of hydrogen-bond acceptors (Lipinski definition) is 5. The summed E-state index contributed by atoms with van der Waals surface area (Å²) in [6.07, 6.45) is 0. The number of likely N-dealkylation sites (N-methyl/N-ethyl adjacent to an activating group) is 1. The molecule has 1 unspecified atom stereocenters. The lowest BCUT2D eigenvalue weighted by Gasteiger charge is -2.22. The van der Waals surface area contributed by atoms with Gasteiger partial charge in [-0.3, -0.25) is 14.2 Å². The molecule has 8 heteroatoms. The van der Waals surface area contributed by atoms with E-state index in [9.17, 15) is 9.59 Å². The number of thioether (sulfide) groups is 1. The normalized spacial score (nSPS) is 12.0. The van der Waals surface area contributed by atoms with Crippen molar-refractivity contribution in [1.82, 2.24) is 14.5 Å². The monoisotopic (exact) mass is 445 g/mol. The van der Waals surface area contributed by atoms with Crippen LogP contribution in [0.5, 0.6) is 5.75 Å². The van der Waals surface area contributed by atoms with Crippen molar-refractivity contribution in [2.24, 2.45) is 0 Å². The predicted octanol–water partition coefficient (Wildman–Crippen LogP) is 4.09.